The highest BCUT2D eigenvalue weighted by Gasteiger charge is 2.41. The first-order valence-electron chi connectivity index (χ1n) is 6.38. The van der Waals surface area contributed by atoms with Crippen LogP contribution < -0.4 is 0 Å². The lowest BCUT2D eigenvalue weighted by Crippen LogP contribution is -2.39. The Kier molecular flexibility index (Phi) is 2.85. The maximum atomic E-state index is 11.8. The van der Waals surface area contributed by atoms with Gasteiger partial charge in [0.05, 0.1) is 11.6 Å². The highest BCUT2D eigenvalue weighted by atomic mass is 16.5. The largest absolute Gasteiger partial charge is 0.481 e. The number of carbonyl (C=O) groups is 1. The van der Waals surface area contributed by atoms with E-state index in [1.807, 2.05) is 18.2 Å². The van der Waals surface area contributed by atoms with E-state index in [1.54, 1.807) is 6.20 Å². The second-order valence-corrected chi connectivity index (χ2v) is 5.24. The molecule has 1 aliphatic rings. The molecule has 1 aromatic heterocycles. The Morgan fingerprint density at radius 2 is 2.16 bits per heavy atom. The van der Waals surface area contributed by atoms with E-state index in [0.717, 1.165) is 17.5 Å². The van der Waals surface area contributed by atoms with Crippen molar-refractivity contribution in [3.8, 4) is 0 Å². The molecule has 19 heavy (non-hydrogen) atoms. The number of fused-ring (bicyclic) bond motifs is 1. The molecule has 0 amide bonds. The summed E-state index contributed by atoms with van der Waals surface area (Å²) in [7, 11) is 0. The van der Waals surface area contributed by atoms with Crippen LogP contribution in [0.3, 0.4) is 0 Å². The van der Waals surface area contributed by atoms with Crippen LogP contribution in [0.5, 0.6) is 0 Å². The van der Waals surface area contributed by atoms with Crippen LogP contribution >= 0.6 is 0 Å². The Morgan fingerprint density at radius 1 is 1.37 bits per heavy atom. The van der Waals surface area contributed by atoms with Crippen molar-refractivity contribution in [2.45, 2.75) is 25.7 Å². The van der Waals surface area contributed by atoms with Gasteiger partial charge in [0.1, 0.15) is 6.26 Å². The summed E-state index contributed by atoms with van der Waals surface area (Å²) in [6, 6.07) is 8.09. The molecule has 1 unspecified atom stereocenters. The minimum absolute atomic E-state index is 0.472. The molecule has 0 radical (unpaired) electrons. The Balaban J connectivity index is 1.93. The fraction of sp³-hybridized carbons (Fsp3) is 0.333. The SMILES string of the molecule is O=C(O)C1(Cc2cnoc2)CCc2ccccc2C1. The van der Waals surface area contributed by atoms with Gasteiger partial charge in [-0.15, -0.1) is 0 Å². The molecule has 0 saturated heterocycles. The fourth-order valence-corrected chi connectivity index (χ4v) is 2.91. The quantitative estimate of drug-likeness (QED) is 0.917. The number of rotatable bonds is 3. The van der Waals surface area contributed by atoms with E-state index in [2.05, 4.69) is 11.2 Å². The van der Waals surface area contributed by atoms with E-state index in [-0.39, 0.29) is 0 Å². The van der Waals surface area contributed by atoms with Crippen LogP contribution in [-0.2, 0) is 24.1 Å². The van der Waals surface area contributed by atoms with Gasteiger partial charge in [0.15, 0.2) is 0 Å². The first kappa shape index (κ1) is 12.0. The summed E-state index contributed by atoms with van der Waals surface area (Å²) in [6.45, 7) is 0. The molecule has 4 nitrogen and oxygen atoms in total. The molecule has 0 saturated carbocycles. The minimum Gasteiger partial charge on any atom is -0.481 e. The van der Waals surface area contributed by atoms with E-state index < -0.39 is 11.4 Å². The summed E-state index contributed by atoms with van der Waals surface area (Å²) >= 11 is 0. The van der Waals surface area contributed by atoms with Crippen molar-refractivity contribution in [3.05, 3.63) is 53.4 Å². The van der Waals surface area contributed by atoms with Gasteiger partial charge in [-0.1, -0.05) is 29.4 Å². The van der Waals surface area contributed by atoms with Crippen LogP contribution in [0, 0.1) is 5.41 Å². The second kappa shape index (κ2) is 4.53. The number of nitrogens with zero attached hydrogens (tertiary/aromatic N) is 1. The maximum absolute atomic E-state index is 11.8. The van der Waals surface area contributed by atoms with Crippen LogP contribution in [0.25, 0.3) is 0 Å². The summed E-state index contributed by atoms with van der Waals surface area (Å²) in [4.78, 5) is 11.8. The Morgan fingerprint density at radius 3 is 2.84 bits per heavy atom. The smallest absolute Gasteiger partial charge is 0.310 e. The minimum atomic E-state index is -0.736. The van der Waals surface area contributed by atoms with Crippen molar-refractivity contribution < 1.29 is 14.4 Å². The Bertz CT molecular complexity index is 591. The number of aromatic nitrogens is 1. The zero-order valence-electron chi connectivity index (χ0n) is 10.5. The fourth-order valence-electron chi connectivity index (χ4n) is 2.91. The number of aryl methyl sites for hydroxylation is 1. The average molecular weight is 257 g/mol. The number of carboxylic acids is 1. The molecule has 0 aliphatic heterocycles. The van der Waals surface area contributed by atoms with Gasteiger partial charge >= 0.3 is 5.97 Å². The van der Waals surface area contributed by atoms with Crippen LogP contribution in [-0.4, -0.2) is 16.2 Å². The first-order valence-corrected chi connectivity index (χ1v) is 6.38. The standard InChI is InChI=1S/C15H15NO3/c17-14(18)15(7-11-9-16-19-10-11)6-5-12-3-1-2-4-13(12)8-15/h1-4,9-10H,5-8H2,(H,17,18). The van der Waals surface area contributed by atoms with Crippen molar-refractivity contribution in [2.24, 2.45) is 5.41 Å². The van der Waals surface area contributed by atoms with Gasteiger partial charge in [0.25, 0.3) is 0 Å². The summed E-state index contributed by atoms with van der Waals surface area (Å²) in [5, 5.41) is 13.3. The van der Waals surface area contributed by atoms with E-state index in [1.165, 1.54) is 11.8 Å². The molecular formula is C15H15NO3. The van der Waals surface area contributed by atoms with E-state index >= 15 is 0 Å². The van der Waals surface area contributed by atoms with Crippen molar-refractivity contribution in [1.29, 1.82) is 0 Å². The average Bonchev–Trinajstić information content (AvgIpc) is 2.91. The van der Waals surface area contributed by atoms with Crippen LogP contribution in [0.4, 0.5) is 0 Å². The predicted molar refractivity (Wildman–Crippen MR) is 68.7 cm³/mol. The summed E-state index contributed by atoms with van der Waals surface area (Å²) in [5.41, 5.74) is 2.53. The third-order valence-electron chi connectivity index (χ3n) is 4.00. The molecule has 0 fully saturated rings. The molecule has 1 heterocycles. The molecule has 4 heteroatoms. The molecule has 1 aromatic carbocycles. The molecule has 3 rings (SSSR count). The Labute approximate surface area is 111 Å². The summed E-state index contributed by atoms with van der Waals surface area (Å²) in [6.07, 6.45) is 5.65. The molecule has 1 aliphatic carbocycles. The number of benzene rings is 1. The zero-order chi connectivity index (χ0) is 13.3. The maximum Gasteiger partial charge on any atom is 0.310 e. The first-order chi connectivity index (χ1) is 9.20. The van der Waals surface area contributed by atoms with Crippen LogP contribution in [0.2, 0.25) is 0 Å². The van der Waals surface area contributed by atoms with Crippen molar-refractivity contribution in [1.82, 2.24) is 5.16 Å². The van der Waals surface area contributed by atoms with E-state index in [4.69, 9.17) is 4.52 Å². The van der Waals surface area contributed by atoms with Gasteiger partial charge in [-0.2, -0.15) is 0 Å². The lowest BCUT2D eigenvalue weighted by molar-refractivity contribution is -0.149. The van der Waals surface area contributed by atoms with Gasteiger partial charge < -0.3 is 9.63 Å². The summed E-state index contributed by atoms with van der Waals surface area (Å²) < 4.78 is 4.81. The van der Waals surface area contributed by atoms with E-state index in [9.17, 15) is 9.90 Å². The van der Waals surface area contributed by atoms with Gasteiger partial charge in [-0.25, -0.2) is 0 Å². The number of carboxylic acid groups (broad SMARTS) is 1. The predicted octanol–water partition coefficient (Wildman–Crippen LogP) is 2.48. The highest BCUT2D eigenvalue weighted by molar-refractivity contribution is 5.76. The lowest BCUT2D eigenvalue weighted by Gasteiger charge is -2.34. The zero-order valence-corrected chi connectivity index (χ0v) is 10.5. The number of hydrogen-bond acceptors (Lipinski definition) is 3. The highest BCUT2D eigenvalue weighted by Crippen LogP contribution is 2.38. The molecule has 2 aromatic rings. The van der Waals surface area contributed by atoms with Gasteiger partial charge in [-0.05, 0) is 36.8 Å². The second-order valence-electron chi connectivity index (χ2n) is 5.24. The van der Waals surface area contributed by atoms with Crippen molar-refractivity contribution in [2.75, 3.05) is 0 Å². The molecular weight excluding hydrogens is 242 g/mol. The van der Waals surface area contributed by atoms with E-state index in [0.29, 0.717) is 19.3 Å². The van der Waals surface area contributed by atoms with Crippen LogP contribution in [0.1, 0.15) is 23.1 Å². The topological polar surface area (TPSA) is 63.3 Å². The third kappa shape index (κ3) is 2.14. The molecule has 98 valence electrons. The van der Waals surface area contributed by atoms with Gasteiger partial charge in [0, 0.05) is 5.56 Å². The third-order valence-corrected chi connectivity index (χ3v) is 4.00. The molecule has 0 bridgehead atoms. The number of aliphatic carboxylic acids is 1. The number of hydrogen-bond donors (Lipinski definition) is 1. The van der Waals surface area contributed by atoms with Crippen molar-refractivity contribution in [3.63, 3.8) is 0 Å². The lowest BCUT2D eigenvalue weighted by atomic mass is 9.68. The molecule has 1 N–H and O–H groups in total. The van der Waals surface area contributed by atoms with Crippen LogP contribution in [0.15, 0.2) is 41.2 Å². The molecule has 0 spiro atoms. The molecule has 1 atom stereocenters. The summed E-state index contributed by atoms with van der Waals surface area (Å²) in [5.74, 6) is -0.733. The van der Waals surface area contributed by atoms with Gasteiger partial charge in [0.2, 0.25) is 0 Å². The van der Waals surface area contributed by atoms with Crippen molar-refractivity contribution >= 4 is 5.97 Å². The normalized spacial score (nSPS) is 21.9. The Hall–Kier alpha value is -2.10. The monoisotopic (exact) mass is 257 g/mol. The van der Waals surface area contributed by atoms with Gasteiger partial charge in [-0.3, -0.25) is 4.79 Å².